The summed E-state index contributed by atoms with van der Waals surface area (Å²) < 4.78 is 33.5. The highest BCUT2D eigenvalue weighted by Gasteiger charge is 2.16. The van der Waals surface area contributed by atoms with Crippen molar-refractivity contribution in [3.8, 4) is 11.5 Å². The van der Waals surface area contributed by atoms with Crippen molar-refractivity contribution in [1.29, 1.82) is 0 Å². The third-order valence-corrected chi connectivity index (χ3v) is 4.61. The van der Waals surface area contributed by atoms with Gasteiger partial charge in [-0.25, -0.2) is 13.6 Å². The molecule has 0 radical (unpaired) electrons. The van der Waals surface area contributed by atoms with E-state index in [0.29, 0.717) is 10.8 Å². The van der Waals surface area contributed by atoms with Crippen LogP contribution in [0, 0.1) is 6.92 Å². The summed E-state index contributed by atoms with van der Waals surface area (Å²) in [4.78, 5) is 11.8. The van der Waals surface area contributed by atoms with Crippen molar-refractivity contribution >= 4 is 33.2 Å². The number of benzene rings is 2. The summed E-state index contributed by atoms with van der Waals surface area (Å²) in [5.41, 5.74) is 1.08. The number of amides is 1. The van der Waals surface area contributed by atoms with Gasteiger partial charge < -0.3 is 14.8 Å². The van der Waals surface area contributed by atoms with Gasteiger partial charge in [-0.15, -0.1) is 0 Å². The highest BCUT2D eigenvalue weighted by molar-refractivity contribution is 7.89. The summed E-state index contributed by atoms with van der Waals surface area (Å²) in [6.07, 6.45) is 0. The zero-order valence-corrected chi connectivity index (χ0v) is 15.1. The normalized spacial score (nSPS) is 11.0. The van der Waals surface area contributed by atoms with Gasteiger partial charge in [0, 0.05) is 10.7 Å². The molecule has 0 heterocycles. The molecule has 134 valence electrons. The molecular formula is C16H17ClN2O5S. The van der Waals surface area contributed by atoms with Gasteiger partial charge in [0.25, 0.3) is 5.91 Å². The molecule has 1 amide bonds. The topological polar surface area (TPSA) is 108 Å². The molecule has 0 saturated carbocycles. The number of anilines is 1. The van der Waals surface area contributed by atoms with Crippen LogP contribution in [0.4, 0.5) is 5.69 Å². The first-order valence-electron chi connectivity index (χ1n) is 7.10. The number of ether oxygens (including phenoxy) is 2. The maximum Gasteiger partial charge on any atom is 0.262 e. The number of aryl methyl sites for hydroxylation is 1. The minimum atomic E-state index is -3.99. The van der Waals surface area contributed by atoms with E-state index in [4.69, 9.17) is 26.2 Å². The molecule has 9 heteroatoms. The van der Waals surface area contributed by atoms with E-state index in [1.807, 2.05) is 6.92 Å². The summed E-state index contributed by atoms with van der Waals surface area (Å²) in [5, 5.41) is 8.28. The first-order valence-corrected chi connectivity index (χ1v) is 9.03. The Kier molecular flexibility index (Phi) is 5.89. The van der Waals surface area contributed by atoms with Gasteiger partial charge in [-0.05, 0) is 48.9 Å². The minimum absolute atomic E-state index is 0.0911. The molecule has 0 aliphatic rings. The van der Waals surface area contributed by atoms with Crippen LogP contribution in [-0.4, -0.2) is 28.0 Å². The van der Waals surface area contributed by atoms with Crippen molar-refractivity contribution in [1.82, 2.24) is 0 Å². The second-order valence-corrected chi connectivity index (χ2v) is 7.10. The van der Waals surface area contributed by atoms with Gasteiger partial charge in [-0.2, -0.15) is 0 Å². The van der Waals surface area contributed by atoms with E-state index < -0.39 is 15.9 Å². The van der Waals surface area contributed by atoms with E-state index in [9.17, 15) is 13.2 Å². The molecule has 0 unspecified atom stereocenters. The zero-order valence-electron chi connectivity index (χ0n) is 13.6. The molecule has 0 fully saturated rings. The lowest BCUT2D eigenvalue weighted by Crippen LogP contribution is -2.21. The van der Waals surface area contributed by atoms with Crippen molar-refractivity contribution in [3.63, 3.8) is 0 Å². The van der Waals surface area contributed by atoms with Gasteiger partial charge in [-0.1, -0.05) is 11.6 Å². The summed E-state index contributed by atoms with van der Waals surface area (Å²) in [6, 6.07) is 9.15. The zero-order chi connectivity index (χ0) is 18.6. The molecule has 2 aromatic rings. The number of methoxy groups -OCH3 is 1. The van der Waals surface area contributed by atoms with Crippen molar-refractivity contribution in [2.75, 3.05) is 19.0 Å². The number of sulfonamides is 1. The lowest BCUT2D eigenvalue weighted by Gasteiger charge is -2.11. The largest absolute Gasteiger partial charge is 0.495 e. The van der Waals surface area contributed by atoms with Gasteiger partial charge in [0.05, 0.1) is 7.11 Å². The number of hydrogen-bond donors (Lipinski definition) is 2. The minimum Gasteiger partial charge on any atom is -0.495 e. The van der Waals surface area contributed by atoms with Gasteiger partial charge >= 0.3 is 0 Å². The average molecular weight is 385 g/mol. The monoisotopic (exact) mass is 384 g/mol. The molecule has 3 N–H and O–H groups in total. The molecule has 0 aromatic heterocycles. The Morgan fingerprint density at radius 1 is 1.24 bits per heavy atom. The number of halogens is 1. The number of carbonyl (C=O) groups is 1. The molecule has 0 saturated heterocycles. The number of nitrogens with one attached hydrogen (secondary N) is 1. The molecule has 7 nitrogen and oxygen atoms in total. The van der Waals surface area contributed by atoms with Gasteiger partial charge in [0.1, 0.15) is 16.4 Å². The van der Waals surface area contributed by atoms with Crippen LogP contribution in [0.15, 0.2) is 41.3 Å². The molecule has 0 aliphatic heterocycles. The number of carbonyl (C=O) groups excluding carboxylic acids is 1. The molecule has 0 atom stereocenters. The summed E-state index contributed by atoms with van der Waals surface area (Å²) >= 11 is 5.92. The van der Waals surface area contributed by atoms with Crippen LogP contribution in [0.3, 0.4) is 0 Å². The Morgan fingerprint density at radius 3 is 2.56 bits per heavy atom. The van der Waals surface area contributed by atoms with Crippen LogP contribution in [0.5, 0.6) is 11.5 Å². The predicted octanol–water partition coefficient (Wildman–Crippen LogP) is 2.32. The second-order valence-electron chi connectivity index (χ2n) is 5.16. The lowest BCUT2D eigenvalue weighted by molar-refractivity contribution is -0.118. The number of rotatable bonds is 6. The average Bonchev–Trinajstić information content (AvgIpc) is 2.55. The first kappa shape index (κ1) is 19.0. The van der Waals surface area contributed by atoms with Gasteiger partial charge in [0.15, 0.2) is 6.61 Å². The predicted molar refractivity (Wildman–Crippen MR) is 94.7 cm³/mol. The van der Waals surface area contributed by atoms with E-state index in [1.54, 1.807) is 18.2 Å². The summed E-state index contributed by atoms with van der Waals surface area (Å²) in [5.74, 6) is 0.128. The molecule has 0 spiro atoms. The Hall–Kier alpha value is -2.29. The maximum atomic E-state index is 12.0. The van der Waals surface area contributed by atoms with E-state index in [0.717, 1.165) is 5.56 Å². The van der Waals surface area contributed by atoms with E-state index in [-0.39, 0.29) is 22.9 Å². The number of primary sulfonamides is 1. The Balaban J connectivity index is 2.06. The summed E-state index contributed by atoms with van der Waals surface area (Å²) in [7, 11) is -2.66. The quantitative estimate of drug-likeness (QED) is 0.794. The fourth-order valence-electron chi connectivity index (χ4n) is 2.03. The molecule has 0 bridgehead atoms. The highest BCUT2D eigenvalue weighted by atomic mass is 35.5. The molecular weight excluding hydrogens is 368 g/mol. The van der Waals surface area contributed by atoms with Crippen LogP contribution >= 0.6 is 11.6 Å². The van der Waals surface area contributed by atoms with Crippen LogP contribution in [-0.2, 0) is 14.8 Å². The lowest BCUT2D eigenvalue weighted by atomic mass is 10.2. The van der Waals surface area contributed by atoms with Crippen molar-refractivity contribution < 1.29 is 22.7 Å². The Bertz CT molecular complexity index is 899. The smallest absolute Gasteiger partial charge is 0.262 e. The molecule has 2 rings (SSSR count). The van der Waals surface area contributed by atoms with E-state index in [2.05, 4.69) is 5.32 Å². The number of hydrogen-bond acceptors (Lipinski definition) is 5. The maximum absolute atomic E-state index is 12.0. The third-order valence-electron chi connectivity index (χ3n) is 3.25. The van der Waals surface area contributed by atoms with E-state index in [1.165, 1.54) is 25.3 Å². The number of nitrogens with two attached hydrogens (primary N) is 1. The standard InChI is InChI=1S/C16H17ClN2O5S/c1-10-7-12(4-5-13(10)17)24-9-16(20)19-11-3-6-14(23-2)15(8-11)25(18,21)22/h3-8H,9H2,1-2H3,(H,19,20)(H2,18,21,22). The third kappa shape index (κ3) is 5.09. The van der Waals surface area contributed by atoms with Crippen LogP contribution in [0.1, 0.15) is 5.56 Å². The molecule has 2 aromatic carbocycles. The van der Waals surface area contributed by atoms with Crippen molar-refractivity contribution in [2.45, 2.75) is 11.8 Å². The fourth-order valence-corrected chi connectivity index (χ4v) is 2.87. The van der Waals surface area contributed by atoms with Crippen LogP contribution in [0.2, 0.25) is 5.02 Å². The van der Waals surface area contributed by atoms with E-state index >= 15 is 0 Å². The molecule has 25 heavy (non-hydrogen) atoms. The Morgan fingerprint density at radius 2 is 1.96 bits per heavy atom. The van der Waals surface area contributed by atoms with Crippen molar-refractivity contribution in [2.24, 2.45) is 5.14 Å². The van der Waals surface area contributed by atoms with Gasteiger partial charge in [-0.3, -0.25) is 4.79 Å². The first-order chi connectivity index (χ1) is 11.7. The van der Waals surface area contributed by atoms with Crippen molar-refractivity contribution in [3.05, 3.63) is 47.0 Å². The van der Waals surface area contributed by atoms with Gasteiger partial charge in [0.2, 0.25) is 10.0 Å². The summed E-state index contributed by atoms with van der Waals surface area (Å²) in [6.45, 7) is 1.57. The van der Waals surface area contributed by atoms with Crippen LogP contribution in [0.25, 0.3) is 0 Å². The Labute approximate surface area is 150 Å². The second kappa shape index (κ2) is 7.73. The fraction of sp³-hybridized carbons (Fsp3) is 0.188. The SMILES string of the molecule is COc1ccc(NC(=O)COc2ccc(Cl)c(C)c2)cc1S(N)(=O)=O. The van der Waals surface area contributed by atoms with Crippen LogP contribution < -0.4 is 19.9 Å². The highest BCUT2D eigenvalue weighted by Crippen LogP contribution is 2.26. The molecule has 0 aliphatic carbocycles.